The molecule has 0 bridgehead atoms. The molecule has 1 amide bonds. The lowest BCUT2D eigenvalue weighted by Gasteiger charge is -2.27. The van der Waals surface area contributed by atoms with Crippen molar-refractivity contribution in [2.24, 2.45) is 0 Å². The summed E-state index contributed by atoms with van der Waals surface area (Å²) in [5.41, 5.74) is 1.12. The van der Waals surface area contributed by atoms with Crippen LogP contribution >= 0.6 is 23.7 Å². The molecule has 0 spiro atoms. The molecule has 4 rings (SSSR count). The van der Waals surface area contributed by atoms with Gasteiger partial charge in [0, 0.05) is 31.7 Å². The lowest BCUT2D eigenvalue weighted by Crippen LogP contribution is -2.39. The summed E-state index contributed by atoms with van der Waals surface area (Å²) in [7, 11) is 1.62. The molecule has 3 aromatic rings. The SMILES string of the molecule is COc1ccc2nc(N(CCCN3CCOCC3)C(=O)c3cccc(F)c3)sc2c1.Cl. The van der Waals surface area contributed by atoms with Crippen LogP contribution in [0.3, 0.4) is 0 Å². The van der Waals surface area contributed by atoms with Crippen LogP contribution in [0.25, 0.3) is 10.2 Å². The van der Waals surface area contributed by atoms with Crippen molar-refractivity contribution >= 4 is 45.0 Å². The molecule has 0 N–H and O–H groups in total. The predicted molar refractivity (Wildman–Crippen MR) is 123 cm³/mol. The number of carbonyl (C=O) groups excluding carboxylic acids is 1. The molecule has 1 aromatic heterocycles. The highest BCUT2D eigenvalue weighted by atomic mass is 35.5. The molecule has 0 saturated carbocycles. The van der Waals surface area contributed by atoms with E-state index in [-0.39, 0.29) is 18.3 Å². The second-order valence-corrected chi connectivity index (χ2v) is 8.11. The molecule has 31 heavy (non-hydrogen) atoms. The number of thiazole rings is 1. The number of ether oxygens (including phenoxy) is 2. The average Bonchev–Trinajstić information content (AvgIpc) is 3.20. The smallest absolute Gasteiger partial charge is 0.260 e. The molecule has 0 unspecified atom stereocenters. The Morgan fingerprint density at radius 3 is 2.81 bits per heavy atom. The zero-order valence-corrected chi connectivity index (χ0v) is 18.9. The maximum absolute atomic E-state index is 13.7. The standard InChI is InChI=1S/C22H24FN3O3S.ClH/c1-28-18-6-7-19-20(15-18)30-22(24-19)26(9-3-8-25-10-12-29-13-11-25)21(27)16-4-2-5-17(23)14-16;/h2,4-7,14-15H,3,8-13H2,1H3;1H. The van der Waals surface area contributed by atoms with E-state index >= 15 is 0 Å². The van der Waals surface area contributed by atoms with Gasteiger partial charge < -0.3 is 9.47 Å². The summed E-state index contributed by atoms with van der Waals surface area (Å²) in [6.07, 6.45) is 0.792. The third kappa shape index (κ3) is 5.71. The Kier molecular flexibility index (Phi) is 8.20. The van der Waals surface area contributed by atoms with Gasteiger partial charge in [-0.3, -0.25) is 14.6 Å². The fourth-order valence-electron chi connectivity index (χ4n) is 3.47. The summed E-state index contributed by atoms with van der Waals surface area (Å²) < 4.78 is 25.4. The normalized spacial score (nSPS) is 14.3. The molecule has 166 valence electrons. The molecule has 1 saturated heterocycles. The number of aromatic nitrogens is 1. The Morgan fingerprint density at radius 2 is 2.06 bits per heavy atom. The molecular formula is C22H25ClFN3O3S. The van der Waals surface area contributed by atoms with E-state index in [9.17, 15) is 9.18 Å². The van der Waals surface area contributed by atoms with Gasteiger partial charge in [-0.15, -0.1) is 12.4 Å². The van der Waals surface area contributed by atoms with Crippen LogP contribution in [0.4, 0.5) is 9.52 Å². The van der Waals surface area contributed by atoms with E-state index in [1.165, 1.54) is 23.5 Å². The average molecular weight is 466 g/mol. The van der Waals surface area contributed by atoms with Gasteiger partial charge in [0.05, 0.1) is 30.5 Å². The van der Waals surface area contributed by atoms with Crippen molar-refractivity contribution in [1.29, 1.82) is 0 Å². The van der Waals surface area contributed by atoms with E-state index in [0.717, 1.165) is 55.2 Å². The monoisotopic (exact) mass is 465 g/mol. The number of amides is 1. The van der Waals surface area contributed by atoms with E-state index in [0.29, 0.717) is 17.2 Å². The lowest BCUT2D eigenvalue weighted by molar-refractivity contribution is 0.0376. The molecule has 0 radical (unpaired) electrons. The number of benzene rings is 2. The fourth-order valence-corrected chi connectivity index (χ4v) is 4.49. The predicted octanol–water partition coefficient (Wildman–Crippen LogP) is 4.23. The van der Waals surface area contributed by atoms with Crippen molar-refractivity contribution in [1.82, 2.24) is 9.88 Å². The summed E-state index contributed by atoms with van der Waals surface area (Å²) in [5, 5.41) is 0.606. The van der Waals surface area contributed by atoms with Gasteiger partial charge in [0.25, 0.3) is 5.91 Å². The van der Waals surface area contributed by atoms with E-state index < -0.39 is 5.82 Å². The van der Waals surface area contributed by atoms with Gasteiger partial charge in [0.1, 0.15) is 11.6 Å². The highest BCUT2D eigenvalue weighted by molar-refractivity contribution is 7.22. The molecule has 1 aliphatic heterocycles. The molecule has 1 fully saturated rings. The van der Waals surface area contributed by atoms with E-state index in [4.69, 9.17) is 9.47 Å². The highest BCUT2D eigenvalue weighted by Gasteiger charge is 2.22. The van der Waals surface area contributed by atoms with Crippen LogP contribution in [0.1, 0.15) is 16.8 Å². The van der Waals surface area contributed by atoms with Crippen LogP contribution in [0.15, 0.2) is 42.5 Å². The van der Waals surface area contributed by atoms with Crippen LogP contribution < -0.4 is 9.64 Å². The zero-order valence-electron chi connectivity index (χ0n) is 17.3. The number of carbonyl (C=O) groups is 1. The first-order valence-corrected chi connectivity index (χ1v) is 10.8. The van der Waals surface area contributed by atoms with Gasteiger partial charge in [0.15, 0.2) is 5.13 Å². The Bertz CT molecular complexity index is 1030. The number of anilines is 1. The zero-order chi connectivity index (χ0) is 20.9. The van der Waals surface area contributed by atoms with Crippen molar-refractivity contribution in [2.45, 2.75) is 6.42 Å². The number of hydrogen-bond donors (Lipinski definition) is 0. The maximum Gasteiger partial charge on any atom is 0.260 e. The van der Waals surface area contributed by atoms with Crippen LogP contribution in [0.5, 0.6) is 5.75 Å². The summed E-state index contributed by atoms with van der Waals surface area (Å²) >= 11 is 1.43. The van der Waals surface area contributed by atoms with Crippen molar-refractivity contribution in [3.05, 3.63) is 53.8 Å². The molecule has 2 heterocycles. The number of morpholine rings is 1. The van der Waals surface area contributed by atoms with Gasteiger partial charge in [-0.2, -0.15) is 0 Å². The van der Waals surface area contributed by atoms with Crippen LogP contribution in [0, 0.1) is 5.82 Å². The number of halogens is 2. The van der Waals surface area contributed by atoms with Crippen LogP contribution in [0.2, 0.25) is 0 Å². The van der Waals surface area contributed by atoms with E-state index in [1.54, 1.807) is 24.1 Å². The number of hydrogen-bond acceptors (Lipinski definition) is 6. The Morgan fingerprint density at radius 1 is 1.26 bits per heavy atom. The Hall–Kier alpha value is -2.26. The largest absolute Gasteiger partial charge is 0.497 e. The summed E-state index contributed by atoms with van der Waals surface area (Å²) in [6, 6.07) is 11.4. The first-order valence-electron chi connectivity index (χ1n) is 9.96. The second kappa shape index (κ2) is 10.9. The van der Waals surface area contributed by atoms with Crippen molar-refractivity contribution < 1.29 is 18.7 Å². The van der Waals surface area contributed by atoms with Gasteiger partial charge in [-0.05, 0) is 42.8 Å². The number of methoxy groups -OCH3 is 1. The highest BCUT2D eigenvalue weighted by Crippen LogP contribution is 2.32. The van der Waals surface area contributed by atoms with Gasteiger partial charge in [0.2, 0.25) is 0 Å². The van der Waals surface area contributed by atoms with Gasteiger partial charge in [-0.1, -0.05) is 17.4 Å². The molecule has 1 aliphatic rings. The first kappa shape index (κ1) is 23.4. The van der Waals surface area contributed by atoms with E-state index in [1.807, 2.05) is 18.2 Å². The topological polar surface area (TPSA) is 54.9 Å². The fraction of sp³-hybridized carbons (Fsp3) is 0.364. The summed E-state index contributed by atoms with van der Waals surface area (Å²) in [4.78, 5) is 21.9. The van der Waals surface area contributed by atoms with Crippen molar-refractivity contribution in [2.75, 3.05) is 51.4 Å². The maximum atomic E-state index is 13.7. The third-order valence-corrected chi connectivity index (χ3v) is 6.13. The van der Waals surface area contributed by atoms with Crippen LogP contribution in [-0.2, 0) is 4.74 Å². The molecule has 9 heteroatoms. The Labute approximate surface area is 191 Å². The molecule has 6 nitrogen and oxygen atoms in total. The molecule has 0 atom stereocenters. The van der Waals surface area contributed by atoms with Crippen molar-refractivity contribution in [3.8, 4) is 5.75 Å². The number of fused-ring (bicyclic) bond motifs is 1. The van der Waals surface area contributed by atoms with Crippen LogP contribution in [-0.4, -0.2) is 62.3 Å². The van der Waals surface area contributed by atoms with Gasteiger partial charge >= 0.3 is 0 Å². The number of nitrogens with zero attached hydrogens (tertiary/aromatic N) is 3. The minimum absolute atomic E-state index is 0. The molecular weight excluding hydrogens is 441 g/mol. The summed E-state index contributed by atoms with van der Waals surface area (Å²) in [6.45, 7) is 4.66. The second-order valence-electron chi connectivity index (χ2n) is 7.10. The van der Waals surface area contributed by atoms with Gasteiger partial charge in [-0.25, -0.2) is 9.37 Å². The minimum Gasteiger partial charge on any atom is -0.497 e. The van der Waals surface area contributed by atoms with Crippen molar-refractivity contribution in [3.63, 3.8) is 0 Å². The minimum atomic E-state index is -0.428. The Balaban J connectivity index is 0.00000272. The molecule has 0 aliphatic carbocycles. The number of rotatable bonds is 7. The van der Waals surface area contributed by atoms with E-state index in [2.05, 4.69) is 9.88 Å². The third-order valence-electron chi connectivity index (χ3n) is 5.09. The lowest BCUT2D eigenvalue weighted by atomic mass is 10.2. The first-order chi connectivity index (χ1) is 14.6. The summed E-state index contributed by atoms with van der Waals surface area (Å²) in [5.74, 6) is 0.0682. The molecule has 2 aromatic carbocycles. The quantitative estimate of drug-likeness (QED) is 0.522.